The first-order chi connectivity index (χ1) is 12.0. The van der Waals surface area contributed by atoms with Crippen molar-refractivity contribution >= 4 is 34.0 Å². The van der Waals surface area contributed by atoms with Crippen molar-refractivity contribution in [3.8, 4) is 0 Å². The number of aromatic nitrogens is 2. The molecular weight excluding hydrogens is 348 g/mol. The van der Waals surface area contributed by atoms with E-state index in [-0.39, 0.29) is 33.4 Å². The summed E-state index contributed by atoms with van der Waals surface area (Å²) in [5.74, 6) is -0.0747. The lowest BCUT2D eigenvalue weighted by molar-refractivity contribution is -0.395. The van der Waals surface area contributed by atoms with Gasteiger partial charge >= 0.3 is 0 Å². The molecule has 0 unspecified atom stereocenters. The van der Waals surface area contributed by atoms with Crippen LogP contribution in [0.25, 0.3) is 10.9 Å². The van der Waals surface area contributed by atoms with Crippen molar-refractivity contribution < 1.29 is 9.85 Å². The van der Waals surface area contributed by atoms with Crippen LogP contribution in [0.2, 0.25) is 0 Å². The molecule has 1 heterocycles. The molecule has 1 N–H and O–H groups in total. The summed E-state index contributed by atoms with van der Waals surface area (Å²) in [6.45, 7) is 0. The quantitative estimate of drug-likeness (QED) is 0.321. The number of nitro groups is 2. The van der Waals surface area contributed by atoms with E-state index < -0.39 is 9.85 Å². The number of para-hydroxylation sites is 1. The molecule has 0 spiro atoms. The lowest BCUT2D eigenvalue weighted by Crippen LogP contribution is -2.09. The average molecular weight is 358 g/mol. The monoisotopic (exact) mass is 358 g/mol. The summed E-state index contributed by atoms with van der Waals surface area (Å²) >= 11 is 0.990. The van der Waals surface area contributed by atoms with Crippen LogP contribution in [-0.2, 0) is 5.75 Å². The molecule has 9 nitrogen and oxygen atoms in total. The number of nitrogens with one attached hydrogen (secondary N) is 1. The second-order valence-electron chi connectivity index (χ2n) is 4.97. The van der Waals surface area contributed by atoms with E-state index in [9.17, 15) is 25.0 Å². The Bertz CT molecular complexity index is 1020. The molecule has 0 saturated heterocycles. The fraction of sp³-hybridized carbons (Fsp3) is 0.0667. The molecule has 0 aliphatic rings. The topological polar surface area (TPSA) is 132 Å². The van der Waals surface area contributed by atoms with E-state index in [1.54, 1.807) is 24.3 Å². The molecule has 3 aromatic rings. The van der Waals surface area contributed by atoms with E-state index in [0.29, 0.717) is 10.9 Å². The number of thioether (sulfide) groups is 1. The van der Waals surface area contributed by atoms with Crippen LogP contribution in [0.5, 0.6) is 0 Å². The largest absolute Gasteiger partial charge is 0.301 e. The highest BCUT2D eigenvalue weighted by atomic mass is 32.2. The third-order valence-corrected chi connectivity index (χ3v) is 4.36. The van der Waals surface area contributed by atoms with Crippen molar-refractivity contribution in [2.24, 2.45) is 0 Å². The number of rotatable bonds is 5. The summed E-state index contributed by atoms with van der Waals surface area (Å²) < 4.78 is 0. The van der Waals surface area contributed by atoms with Gasteiger partial charge in [-0.2, -0.15) is 0 Å². The van der Waals surface area contributed by atoms with Crippen LogP contribution in [-0.4, -0.2) is 19.8 Å². The van der Waals surface area contributed by atoms with E-state index in [1.807, 2.05) is 0 Å². The number of fused-ring (bicyclic) bond motifs is 1. The second kappa shape index (κ2) is 6.69. The lowest BCUT2D eigenvalue weighted by atomic mass is 10.1. The van der Waals surface area contributed by atoms with Gasteiger partial charge in [-0.3, -0.25) is 25.0 Å². The van der Waals surface area contributed by atoms with Crippen molar-refractivity contribution in [3.63, 3.8) is 0 Å². The molecule has 25 heavy (non-hydrogen) atoms. The summed E-state index contributed by atoms with van der Waals surface area (Å²) in [6.07, 6.45) is 0. The van der Waals surface area contributed by atoms with Gasteiger partial charge in [0.25, 0.3) is 16.9 Å². The number of hydrogen-bond acceptors (Lipinski definition) is 7. The first kappa shape index (κ1) is 16.6. The van der Waals surface area contributed by atoms with Gasteiger partial charge in [0.1, 0.15) is 5.56 Å². The van der Waals surface area contributed by atoms with Crippen LogP contribution < -0.4 is 5.56 Å². The van der Waals surface area contributed by atoms with Gasteiger partial charge in [-0.25, -0.2) is 4.98 Å². The molecule has 0 amide bonds. The van der Waals surface area contributed by atoms with Crippen molar-refractivity contribution in [1.29, 1.82) is 0 Å². The highest BCUT2D eigenvalue weighted by Gasteiger charge is 2.24. The van der Waals surface area contributed by atoms with E-state index in [2.05, 4.69) is 9.97 Å². The van der Waals surface area contributed by atoms with Crippen molar-refractivity contribution in [1.82, 2.24) is 9.97 Å². The van der Waals surface area contributed by atoms with E-state index in [1.165, 1.54) is 18.2 Å². The number of nitro benzene ring substituents is 2. The first-order valence-corrected chi connectivity index (χ1v) is 7.98. The highest BCUT2D eigenvalue weighted by Crippen LogP contribution is 2.33. The predicted molar refractivity (Wildman–Crippen MR) is 91.7 cm³/mol. The third kappa shape index (κ3) is 3.33. The molecule has 0 saturated carbocycles. The Kier molecular flexibility index (Phi) is 4.44. The summed E-state index contributed by atoms with van der Waals surface area (Å²) in [6, 6.07) is 10.4. The molecule has 3 rings (SSSR count). The Labute approximate surface area is 144 Å². The first-order valence-electron chi connectivity index (χ1n) is 7.00. The molecule has 2 aromatic carbocycles. The average Bonchev–Trinajstić information content (AvgIpc) is 2.59. The van der Waals surface area contributed by atoms with Gasteiger partial charge in [0.15, 0.2) is 5.16 Å². The van der Waals surface area contributed by atoms with Gasteiger partial charge < -0.3 is 4.98 Å². The lowest BCUT2D eigenvalue weighted by Gasteiger charge is -2.05. The fourth-order valence-corrected chi connectivity index (χ4v) is 3.23. The van der Waals surface area contributed by atoms with Crippen LogP contribution in [0.4, 0.5) is 11.4 Å². The predicted octanol–water partition coefficient (Wildman–Crippen LogP) is 3.03. The fourth-order valence-electron chi connectivity index (χ4n) is 2.33. The molecule has 126 valence electrons. The van der Waals surface area contributed by atoms with Crippen molar-refractivity contribution in [3.05, 3.63) is 78.6 Å². The van der Waals surface area contributed by atoms with Crippen LogP contribution >= 0.6 is 11.8 Å². The molecule has 1 aromatic heterocycles. The Morgan fingerprint density at radius 2 is 1.64 bits per heavy atom. The summed E-state index contributed by atoms with van der Waals surface area (Å²) in [4.78, 5) is 39.8. The molecular formula is C15H10N4O5S. The maximum absolute atomic E-state index is 12.0. The van der Waals surface area contributed by atoms with Gasteiger partial charge in [-0.05, 0) is 18.2 Å². The summed E-state index contributed by atoms with van der Waals surface area (Å²) in [7, 11) is 0. The van der Waals surface area contributed by atoms with Crippen LogP contribution in [0, 0.1) is 20.2 Å². The standard InChI is InChI=1S/C15H10N4O5S/c20-14-9-4-1-2-5-11(9)16-15(17-14)25-8-10-12(18(21)22)6-3-7-13(10)19(23)24/h1-7H,8H2,(H,16,17,20). The Hall–Kier alpha value is -3.27. The smallest absolute Gasteiger partial charge is 0.280 e. The minimum absolute atomic E-state index is 0.0293. The number of aromatic amines is 1. The number of H-pyrrole nitrogens is 1. The summed E-state index contributed by atoms with van der Waals surface area (Å²) in [5, 5.41) is 22.9. The molecule has 0 aliphatic carbocycles. The number of benzene rings is 2. The highest BCUT2D eigenvalue weighted by molar-refractivity contribution is 7.98. The van der Waals surface area contributed by atoms with E-state index in [4.69, 9.17) is 0 Å². The Balaban J connectivity index is 1.98. The number of hydrogen-bond donors (Lipinski definition) is 1. The third-order valence-electron chi connectivity index (χ3n) is 3.46. The zero-order chi connectivity index (χ0) is 18.0. The second-order valence-corrected chi connectivity index (χ2v) is 5.93. The van der Waals surface area contributed by atoms with Gasteiger partial charge in [0.2, 0.25) is 0 Å². The summed E-state index contributed by atoms with van der Waals surface area (Å²) in [5.41, 5.74) is -0.580. The number of nitrogens with zero attached hydrogens (tertiary/aromatic N) is 3. The molecule has 10 heteroatoms. The van der Waals surface area contributed by atoms with Gasteiger partial charge in [-0.1, -0.05) is 23.9 Å². The van der Waals surface area contributed by atoms with Crippen molar-refractivity contribution in [2.75, 3.05) is 0 Å². The van der Waals surface area contributed by atoms with Gasteiger partial charge in [0, 0.05) is 17.9 Å². The molecule has 0 radical (unpaired) electrons. The zero-order valence-corrected chi connectivity index (χ0v) is 13.4. The minimum Gasteiger partial charge on any atom is -0.301 e. The van der Waals surface area contributed by atoms with Gasteiger partial charge in [0.05, 0.1) is 20.7 Å². The van der Waals surface area contributed by atoms with E-state index >= 15 is 0 Å². The Morgan fingerprint density at radius 3 is 2.28 bits per heavy atom. The minimum atomic E-state index is -0.667. The molecule has 0 fully saturated rings. The van der Waals surface area contributed by atoms with Crippen LogP contribution in [0.3, 0.4) is 0 Å². The van der Waals surface area contributed by atoms with Crippen molar-refractivity contribution in [2.45, 2.75) is 10.9 Å². The SMILES string of the molecule is O=c1[nH]c(SCc2c([N+](=O)[O-])cccc2[N+](=O)[O-])nc2ccccc12. The normalized spacial score (nSPS) is 10.7. The maximum atomic E-state index is 12.0. The molecule has 0 atom stereocenters. The molecule has 0 bridgehead atoms. The van der Waals surface area contributed by atoms with Gasteiger partial charge in [-0.15, -0.1) is 0 Å². The zero-order valence-electron chi connectivity index (χ0n) is 12.5. The molecule has 0 aliphatic heterocycles. The Morgan fingerprint density at radius 1 is 1.00 bits per heavy atom. The van der Waals surface area contributed by atoms with E-state index in [0.717, 1.165) is 11.8 Å². The van der Waals surface area contributed by atoms with Crippen LogP contribution in [0.1, 0.15) is 5.56 Å². The maximum Gasteiger partial charge on any atom is 0.280 e. The van der Waals surface area contributed by atoms with Crippen LogP contribution in [0.15, 0.2) is 52.4 Å².